The molecule has 0 aliphatic rings. The Kier molecular flexibility index (Phi) is 5.38. The van der Waals surface area contributed by atoms with Crippen LogP contribution in [-0.4, -0.2) is 12.5 Å². The predicted molar refractivity (Wildman–Crippen MR) is 67.5 cm³/mol. The summed E-state index contributed by atoms with van der Waals surface area (Å²) < 4.78 is 12.8. The molecule has 0 fully saturated rings. The molecule has 1 aromatic carbocycles. The number of nitrogens with two attached hydrogens (primary N) is 1. The van der Waals surface area contributed by atoms with Crippen molar-refractivity contribution in [1.29, 1.82) is 0 Å². The minimum absolute atomic E-state index is 0.132. The van der Waals surface area contributed by atoms with Crippen LogP contribution in [0, 0.1) is 11.7 Å². The highest BCUT2D eigenvalue weighted by molar-refractivity contribution is 6.33. The highest BCUT2D eigenvalue weighted by Gasteiger charge is 2.13. The molecule has 0 saturated carbocycles. The number of nitrogens with one attached hydrogen (secondary N) is 1. The third-order valence-electron chi connectivity index (χ3n) is 2.48. The normalized spacial score (nSPS) is 12.2. The van der Waals surface area contributed by atoms with Crippen LogP contribution in [0.25, 0.3) is 0 Å². The van der Waals surface area contributed by atoms with Gasteiger partial charge in [0, 0.05) is 5.92 Å². The Balaban J connectivity index is 2.61. The maximum atomic E-state index is 12.8. The van der Waals surface area contributed by atoms with Crippen LogP contribution in [0.1, 0.15) is 19.8 Å². The van der Waals surface area contributed by atoms with Crippen molar-refractivity contribution in [3.63, 3.8) is 0 Å². The molecule has 17 heavy (non-hydrogen) atoms. The highest BCUT2D eigenvalue weighted by Crippen LogP contribution is 2.23. The molecule has 1 aromatic rings. The molecule has 3 N–H and O–H groups in total. The zero-order valence-electron chi connectivity index (χ0n) is 9.67. The number of rotatable bonds is 5. The van der Waals surface area contributed by atoms with Gasteiger partial charge in [0.25, 0.3) is 0 Å². The van der Waals surface area contributed by atoms with Gasteiger partial charge in [-0.25, -0.2) is 4.39 Å². The Morgan fingerprint density at radius 3 is 2.88 bits per heavy atom. The first kappa shape index (κ1) is 13.9. The Morgan fingerprint density at radius 1 is 1.59 bits per heavy atom. The van der Waals surface area contributed by atoms with Gasteiger partial charge in [0.15, 0.2) is 0 Å². The maximum absolute atomic E-state index is 12.8. The largest absolute Gasteiger partial charge is 0.330 e. The third kappa shape index (κ3) is 4.32. The summed E-state index contributed by atoms with van der Waals surface area (Å²) in [6.45, 7) is 2.39. The lowest BCUT2D eigenvalue weighted by atomic mass is 10.0. The second-order valence-electron chi connectivity index (χ2n) is 3.95. The minimum atomic E-state index is -0.427. The van der Waals surface area contributed by atoms with Crippen molar-refractivity contribution in [2.75, 3.05) is 11.9 Å². The van der Waals surface area contributed by atoms with Crippen molar-refractivity contribution < 1.29 is 9.18 Å². The monoisotopic (exact) mass is 258 g/mol. The van der Waals surface area contributed by atoms with Gasteiger partial charge in [0.2, 0.25) is 5.91 Å². The van der Waals surface area contributed by atoms with Gasteiger partial charge in [0.05, 0.1) is 10.7 Å². The molecule has 0 bridgehead atoms. The van der Waals surface area contributed by atoms with Gasteiger partial charge in [-0.2, -0.15) is 0 Å². The number of anilines is 1. The molecule has 3 nitrogen and oxygen atoms in total. The number of halogens is 2. The van der Waals surface area contributed by atoms with Gasteiger partial charge in [-0.15, -0.1) is 0 Å². The van der Waals surface area contributed by atoms with E-state index in [0.29, 0.717) is 12.2 Å². The fraction of sp³-hybridized carbons (Fsp3) is 0.417. The summed E-state index contributed by atoms with van der Waals surface area (Å²) in [4.78, 5) is 11.8. The van der Waals surface area contributed by atoms with Crippen LogP contribution < -0.4 is 11.1 Å². The van der Waals surface area contributed by atoms with Gasteiger partial charge in [-0.1, -0.05) is 18.5 Å². The Hall–Kier alpha value is -1.13. The molecular weight excluding hydrogens is 243 g/mol. The first-order valence-electron chi connectivity index (χ1n) is 5.50. The molecule has 0 aromatic heterocycles. The van der Waals surface area contributed by atoms with Crippen LogP contribution >= 0.6 is 11.6 Å². The molecule has 94 valence electrons. The van der Waals surface area contributed by atoms with E-state index in [-0.39, 0.29) is 16.8 Å². The topological polar surface area (TPSA) is 55.1 Å². The van der Waals surface area contributed by atoms with Gasteiger partial charge >= 0.3 is 0 Å². The summed E-state index contributed by atoms with van der Waals surface area (Å²) in [5.74, 6) is -0.698. The molecular formula is C12H16ClFN2O. The van der Waals surface area contributed by atoms with Crippen LogP contribution in [0.4, 0.5) is 10.1 Å². The van der Waals surface area contributed by atoms with Gasteiger partial charge in [-0.3, -0.25) is 4.79 Å². The molecule has 0 aliphatic carbocycles. The van der Waals surface area contributed by atoms with E-state index in [4.69, 9.17) is 17.3 Å². The second kappa shape index (κ2) is 6.57. The Labute approximate surface area is 105 Å². The zero-order valence-corrected chi connectivity index (χ0v) is 10.4. The average Bonchev–Trinajstić information content (AvgIpc) is 2.29. The van der Waals surface area contributed by atoms with Crippen LogP contribution in [0.15, 0.2) is 18.2 Å². The van der Waals surface area contributed by atoms with E-state index in [1.165, 1.54) is 18.2 Å². The van der Waals surface area contributed by atoms with Crippen molar-refractivity contribution in [2.45, 2.75) is 19.8 Å². The van der Waals surface area contributed by atoms with Crippen LogP contribution in [0.3, 0.4) is 0 Å². The van der Waals surface area contributed by atoms with Crippen LogP contribution in [0.5, 0.6) is 0 Å². The zero-order chi connectivity index (χ0) is 12.8. The second-order valence-corrected chi connectivity index (χ2v) is 4.35. The van der Waals surface area contributed by atoms with E-state index in [2.05, 4.69) is 5.32 Å². The molecule has 1 unspecified atom stereocenters. The molecule has 5 heteroatoms. The fourth-order valence-electron chi connectivity index (χ4n) is 1.40. The van der Waals surface area contributed by atoms with Crippen molar-refractivity contribution >= 4 is 23.2 Å². The molecule has 1 rings (SSSR count). The summed E-state index contributed by atoms with van der Waals surface area (Å²) in [6, 6.07) is 3.87. The first-order chi connectivity index (χ1) is 8.04. The molecule has 0 radical (unpaired) electrons. The molecule has 0 aliphatic heterocycles. The summed E-state index contributed by atoms with van der Waals surface area (Å²) in [6.07, 6.45) is 1.52. The predicted octanol–water partition coefficient (Wildman–Crippen LogP) is 2.79. The van der Waals surface area contributed by atoms with E-state index in [1.54, 1.807) is 0 Å². The van der Waals surface area contributed by atoms with E-state index in [1.807, 2.05) is 6.92 Å². The van der Waals surface area contributed by atoms with Gasteiger partial charge < -0.3 is 11.1 Å². The van der Waals surface area contributed by atoms with Crippen molar-refractivity contribution in [3.05, 3.63) is 29.0 Å². The number of amides is 1. The van der Waals surface area contributed by atoms with Crippen LogP contribution in [0.2, 0.25) is 5.02 Å². The van der Waals surface area contributed by atoms with E-state index in [9.17, 15) is 9.18 Å². The van der Waals surface area contributed by atoms with Crippen molar-refractivity contribution in [1.82, 2.24) is 0 Å². The lowest BCUT2D eigenvalue weighted by Crippen LogP contribution is -2.21. The van der Waals surface area contributed by atoms with Gasteiger partial charge in [-0.05, 0) is 37.6 Å². The number of benzene rings is 1. The average molecular weight is 259 g/mol. The maximum Gasteiger partial charge on any atom is 0.227 e. The third-order valence-corrected chi connectivity index (χ3v) is 2.79. The molecule has 0 heterocycles. The fourth-order valence-corrected chi connectivity index (χ4v) is 1.62. The highest BCUT2D eigenvalue weighted by atomic mass is 35.5. The summed E-state index contributed by atoms with van der Waals surface area (Å²) in [5.41, 5.74) is 5.80. The van der Waals surface area contributed by atoms with Crippen LogP contribution in [-0.2, 0) is 4.79 Å². The van der Waals surface area contributed by atoms with Crippen molar-refractivity contribution in [2.24, 2.45) is 11.7 Å². The Morgan fingerprint density at radius 2 is 2.29 bits per heavy atom. The molecule has 0 saturated heterocycles. The van der Waals surface area contributed by atoms with E-state index in [0.717, 1.165) is 12.8 Å². The summed E-state index contributed by atoms with van der Waals surface area (Å²) in [5, 5.41) is 2.87. The summed E-state index contributed by atoms with van der Waals surface area (Å²) >= 11 is 5.81. The van der Waals surface area contributed by atoms with Crippen molar-refractivity contribution in [3.8, 4) is 0 Å². The first-order valence-corrected chi connectivity index (χ1v) is 5.88. The Bertz CT molecular complexity index is 398. The minimum Gasteiger partial charge on any atom is -0.330 e. The van der Waals surface area contributed by atoms with Gasteiger partial charge in [0.1, 0.15) is 5.82 Å². The smallest absolute Gasteiger partial charge is 0.227 e. The molecule has 0 spiro atoms. The summed E-state index contributed by atoms with van der Waals surface area (Å²) in [7, 11) is 0. The lowest BCUT2D eigenvalue weighted by Gasteiger charge is -2.12. The molecule has 1 amide bonds. The number of carbonyl (C=O) groups is 1. The number of hydrogen-bond donors (Lipinski definition) is 2. The quantitative estimate of drug-likeness (QED) is 0.853. The standard InChI is InChI=1S/C12H16ClFN2O/c1-8(3-2-6-15)12(17)16-11-5-4-9(14)7-10(11)13/h4-5,7-8H,2-3,6,15H2,1H3,(H,16,17). The number of carbonyl (C=O) groups excluding carboxylic acids is 1. The van der Waals surface area contributed by atoms with E-state index < -0.39 is 5.82 Å². The van der Waals surface area contributed by atoms with E-state index >= 15 is 0 Å². The number of hydrogen-bond acceptors (Lipinski definition) is 2. The molecule has 1 atom stereocenters. The SMILES string of the molecule is CC(CCCN)C(=O)Nc1ccc(F)cc1Cl. The lowest BCUT2D eigenvalue weighted by molar-refractivity contribution is -0.119.